The predicted octanol–water partition coefficient (Wildman–Crippen LogP) is 2.27. The third kappa shape index (κ3) is 3.63. The quantitative estimate of drug-likeness (QED) is 0.801. The van der Waals surface area contributed by atoms with Gasteiger partial charge in [0.05, 0.1) is 12.6 Å². The third-order valence-corrected chi connectivity index (χ3v) is 4.21. The van der Waals surface area contributed by atoms with Crippen molar-refractivity contribution in [2.75, 3.05) is 6.54 Å². The Hall–Kier alpha value is -2.66. The van der Waals surface area contributed by atoms with Crippen LogP contribution in [0.3, 0.4) is 0 Å². The highest BCUT2D eigenvalue weighted by Crippen LogP contribution is 2.18. The Bertz CT molecular complexity index is 703. The molecule has 2 aromatic carbocycles. The highest BCUT2D eigenvalue weighted by atomic mass is 16.3. The van der Waals surface area contributed by atoms with E-state index < -0.39 is 18.2 Å². The number of benzene rings is 2. The fourth-order valence-corrected chi connectivity index (χ4v) is 2.85. The zero-order valence-electron chi connectivity index (χ0n) is 13.3. The summed E-state index contributed by atoms with van der Waals surface area (Å²) in [5, 5.41) is 12.9. The standard InChI is InChI=1S/C19H20N2O3/c22-17(15-9-5-2-6-10-15)13-21-18(23)16(20-19(21)24)12-11-14-7-3-1-4-8-14/h1-10,16-17,22H,11-13H2,(H,20,24)/t16-,17+/m0/s1. The molecule has 2 aromatic rings. The predicted molar refractivity (Wildman–Crippen MR) is 90.2 cm³/mol. The molecule has 0 aromatic heterocycles. The minimum absolute atomic E-state index is 0.0312. The zero-order valence-corrected chi connectivity index (χ0v) is 13.3. The van der Waals surface area contributed by atoms with Gasteiger partial charge in [-0.05, 0) is 24.0 Å². The van der Waals surface area contributed by atoms with Crippen LogP contribution in [0.4, 0.5) is 4.79 Å². The van der Waals surface area contributed by atoms with Crippen LogP contribution >= 0.6 is 0 Å². The van der Waals surface area contributed by atoms with E-state index in [9.17, 15) is 14.7 Å². The van der Waals surface area contributed by atoms with Gasteiger partial charge in [0.1, 0.15) is 6.04 Å². The van der Waals surface area contributed by atoms with Gasteiger partial charge in [0.25, 0.3) is 5.91 Å². The second kappa shape index (κ2) is 7.27. The summed E-state index contributed by atoms with van der Waals surface area (Å²) < 4.78 is 0. The van der Waals surface area contributed by atoms with Crippen LogP contribution in [0, 0.1) is 0 Å². The molecule has 1 saturated heterocycles. The average Bonchev–Trinajstić information content (AvgIpc) is 2.89. The molecule has 0 aliphatic carbocycles. The number of aryl methyl sites for hydroxylation is 1. The molecule has 1 fully saturated rings. The van der Waals surface area contributed by atoms with Crippen molar-refractivity contribution in [2.45, 2.75) is 25.0 Å². The van der Waals surface area contributed by atoms with Gasteiger partial charge in [-0.2, -0.15) is 0 Å². The van der Waals surface area contributed by atoms with E-state index >= 15 is 0 Å². The number of carbonyl (C=O) groups excluding carboxylic acids is 2. The number of rotatable bonds is 6. The summed E-state index contributed by atoms with van der Waals surface area (Å²) in [5.74, 6) is -0.272. The van der Waals surface area contributed by atoms with E-state index in [1.165, 1.54) is 0 Å². The SMILES string of the molecule is O=C1N[C@@H](CCc2ccccc2)C(=O)N1C[C@@H](O)c1ccccc1. The number of amides is 3. The summed E-state index contributed by atoms with van der Waals surface area (Å²) >= 11 is 0. The minimum Gasteiger partial charge on any atom is -0.387 e. The summed E-state index contributed by atoms with van der Waals surface area (Å²) in [5.41, 5.74) is 1.81. The van der Waals surface area contributed by atoms with Crippen molar-refractivity contribution < 1.29 is 14.7 Å². The fourth-order valence-electron chi connectivity index (χ4n) is 2.85. The molecular formula is C19H20N2O3. The normalized spacial score (nSPS) is 18.5. The molecule has 1 heterocycles. The molecule has 0 unspecified atom stereocenters. The summed E-state index contributed by atoms with van der Waals surface area (Å²) in [6, 6.07) is 17.9. The molecule has 0 saturated carbocycles. The lowest BCUT2D eigenvalue weighted by Gasteiger charge is -2.18. The fraction of sp³-hybridized carbons (Fsp3) is 0.263. The number of nitrogens with zero attached hydrogens (tertiary/aromatic N) is 1. The molecule has 2 N–H and O–H groups in total. The Kier molecular flexibility index (Phi) is 4.91. The number of nitrogens with one attached hydrogen (secondary N) is 1. The molecule has 3 rings (SSSR count). The molecule has 5 heteroatoms. The van der Waals surface area contributed by atoms with E-state index in [0.29, 0.717) is 18.4 Å². The number of hydrogen-bond donors (Lipinski definition) is 2. The van der Waals surface area contributed by atoms with Crippen LogP contribution in [0.15, 0.2) is 60.7 Å². The highest BCUT2D eigenvalue weighted by Gasteiger charge is 2.38. The number of hydrogen-bond acceptors (Lipinski definition) is 3. The molecular weight excluding hydrogens is 304 g/mol. The first-order chi connectivity index (χ1) is 11.6. The monoisotopic (exact) mass is 324 g/mol. The van der Waals surface area contributed by atoms with Crippen molar-refractivity contribution in [1.82, 2.24) is 10.2 Å². The minimum atomic E-state index is -0.881. The van der Waals surface area contributed by atoms with Crippen LogP contribution in [0.1, 0.15) is 23.7 Å². The zero-order chi connectivity index (χ0) is 16.9. The van der Waals surface area contributed by atoms with Crippen molar-refractivity contribution >= 4 is 11.9 Å². The maximum atomic E-state index is 12.4. The average molecular weight is 324 g/mol. The van der Waals surface area contributed by atoms with Crippen LogP contribution in [-0.4, -0.2) is 34.5 Å². The molecule has 0 spiro atoms. The molecule has 124 valence electrons. The van der Waals surface area contributed by atoms with Crippen molar-refractivity contribution in [3.63, 3.8) is 0 Å². The van der Waals surface area contributed by atoms with Crippen LogP contribution < -0.4 is 5.32 Å². The van der Waals surface area contributed by atoms with Gasteiger partial charge in [0, 0.05) is 0 Å². The van der Waals surface area contributed by atoms with Gasteiger partial charge in [-0.25, -0.2) is 4.79 Å². The molecule has 24 heavy (non-hydrogen) atoms. The summed E-state index contributed by atoms with van der Waals surface area (Å²) in [4.78, 5) is 25.6. The molecule has 5 nitrogen and oxygen atoms in total. The van der Waals surface area contributed by atoms with Crippen molar-refractivity contribution in [3.05, 3.63) is 71.8 Å². The van der Waals surface area contributed by atoms with E-state index in [1.807, 2.05) is 48.5 Å². The van der Waals surface area contributed by atoms with Crippen molar-refractivity contribution in [2.24, 2.45) is 0 Å². The second-order valence-electron chi connectivity index (χ2n) is 5.90. The van der Waals surface area contributed by atoms with E-state index in [2.05, 4.69) is 5.32 Å². The first kappa shape index (κ1) is 16.2. The topological polar surface area (TPSA) is 69.6 Å². The van der Waals surface area contributed by atoms with E-state index in [4.69, 9.17) is 0 Å². The summed E-state index contributed by atoms with van der Waals surface area (Å²) in [7, 11) is 0. The van der Waals surface area contributed by atoms with Crippen LogP contribution in [-0.2, 0) is 11.2 Å². The Morgan fingerprint density at radius 1 is 1.00 bits per heavy atom. The van der Waals surface area contributed by atoms with E-state index in [1.54, 1.807) is 12.1 Å². The molecule has 0 radical (unpaired) electrons. The Morgan fingerprint density at radius 3 is 2.29 bits per heavy atom. The number of β-amino-alcohol motifs (C(OH)–C–C–N with tert-alkyl or cyclic N) is 1. The van der Waals surface area contributed by atoms with Crippen LogP contribution in [0.2, 0.25) is 0 Å². The summed E-state index contributed by atoms with van der Waals surface area (Å²) in [6.45, 7) is -0.0312. The number of imide groups is 1. The molecule has 1 aliphatic rings. The van der Waals surface area contributed by atoms with Gasteiger partial charge in [-0.3, -0.25) is 9.69 Å². The lowest BCUT2D eigenvalue weighted by Crippen LogP contribution is -2.35. The lowest BCUT2D eigenvalue weighted by atomic mass is 10.1. The Balaban J connectivity index is 1.59. The van der Waals surface area contributed by atoms with Gasteiger partial charge in [-0.1, -0.05) is 60.7 Å². The third-order valence-electron chi connectivity index (χ3n) is 4.21. The van der Waals surface area contributed by atoms with Gasteiger partial charge in [0.2, 0.25) is 0 Å². The number of urea groups is 1. The van der Waals surface area contributed by atoms with Crippen molar-refractivity contribution in [1.29, 1.82) is 0 Å². The summed E-state index contributed by atoms with van der Waals surface area (Å²) in [6.07, 6.45) is 0.382. The lowest BCUT2D eigenvalue weighted by molar-refractivity contribution is -0.128. The van der Waals surface area contributed by atoms with Gasteiger partial charge >= 0.3 is 6.03 Å². The second-order valence-corrected chi connectivity index (χ2v) is 5.90. The number of carbonyl (C=O) groups is 2. The molecule has 0 bridgehead atoms. The van der Waals surface area contributed by atoms with Gasteiger partial charge in [0.15, 0.2) is 0 Å². The first-order valence-corrected chi connectivity index (χ1v) is 8.04. The Labute approximate surface area is 140 Å². The van der Waals surface area contributed by atoms with E-state index in [0.717, 1.165) is 10.5 Å². The van der Waals surface area contributed by atoms with Crippen molar-refractivity contribution in [3.8, 4) is 0 Å². The van der Waals surface area contributed by atoms with E-state index in [-0.39, 0.29) is 12.5 Å². The molecule has 3 amide bonds. The maximum absolute atomic E-state index is 12.4. The van der Waals surface area contributed by atoms with Gasteiger partial charge in [-0.15, -0.1) is 0 Å². The maximum Gasteiger partial charge on any atom is 0.324 e. The van der Waals surface area contributed by atoms with Crippen LogP contribution in [0.25, 0.3) is 0 Å². The smallest absolute Gasteiger partial charge is 0.324 e. The molecule has 2 atom stereocenters. The number of aliphatic hydroxyl groups is 1. The van der Waals surface area contributed by atoms with Gasteiger partial charge < -0.3 is 10.4 Å². The number of aliphatic hydroxyl groups excluding tert-OH is 1. The largest absolute Gasteiger partial charge is 0.387 e. The Morgan fingerprint density at radius 2 is 1.62 bits per heavy atom. The first-order valence-electron chi connectivity index (χ1n) is 8.04. The molecule has 1 aliphatic heterocycles. The highest BCUT2D eigenvalue weighted by molar-refractivity contribution is 6.04. The van der Waals surface area contributed by atoms with Crippen LogP contribution in [0.5, 0.6) is 0 Å².